The van der Waals surface area contributed by atoms with Crippen LogP contribution in [0, 0.1) is 23.1 Å². The molecular formula is C15H18ClFO. The van der Waals surface area contributed by atoms with Crippen LogP contribution in [0.15, 0.2) is 18.2 Å². The highest BCUT2D eigenvalue weighted by Gasteiger charge is 2.50. The Bertz CT molecular complexity index is 462. The second kappa shape index (κ2) is 4.50. The Kier molecular flexibility index (Phi) is 3.11. The molecule has 18 heavy (non-hydrogen) atoms. The molecule has 0 radical (unpaired) electrons. The smallest absolute Gasteiger partial charge is 0.127 e. The van der Waals surface area contributed by atoms with Gasteiger partial charge < -0.3 is 5.11 Å². The fourth-order valence-corrected chi connectivity index (χ4v) is 4.23. The molecule has 2 fully saturated rings. The van der Waals surface area contributed by atoms with Gasteiger partial charge in [0.05, 0.1) is 0 Å². The van der Waals surface area contributed by atoms with Crippen LogP contribution in [0.2, 0.25) is 5.02 Å². The molecule has 0 aliphatic heterocycles. The fraction of sp³-hybridized carbons (Fsp3) is 0.600. The van der Waals surface area contributed by atoms with E-state index < -0.39 is 0 Å². The third-order valence-corrected chi connectivity index (χ3v) is 5.21. The lowest BCUT2D eigenvalue weighted by atomic mass is 9.70. The van der Waals surface area contributed by atoms with Gasteiger partial charge in [0.2, 0.25) is 0 Å². The molecule has 2 aliphatic carbocycles. The lowest BCUT2D eigenvalue weighted by molar-refractivity contribution is 0.0643. The summed E-state index contributed by atoms with van der Waals surface area (Å²) >= 11 is 5.78. The van der Waals surface area contributed by atoms with E-state index in [1.165, 1.54) is 25.3 Å². The van der Waals surface area contributed by atoms with Gasteiger partial charge in [-0.15, -0.1) is 0 Å². The molecule has 0 heterocycles. The van der Waals surface area contributed by atoms with E-state index >= 15 is 0 Å². The summed E-state index contributed by atoms with van der Waals surface area (Å²) in [5, 5.41) is 10.2. The van der Waals surface area contributed by atoms with Crippen molar-refractivity contribution in [3.8, 4) is 0 Å². The van der Waals surface area contributed by atoms with Crippen LogP contribution in [0.4, 0.5) is 4.39 Å². The minimum Gasteiger partial charge on any atom is -0.396 e. The number of hydrogen-bond donors (Lipinski definition) is 1. The van der Waals surface area contributed by atoms with Crippen molar-refractivity contribution in [2.75, 3.05) is 6.61 Å². The van der Waals surface area contributed by atoms with Crippen LogP contribution in [0.3, 0.4) is 0 Å². The molecule has 3 atom stereocenters. The van der Waals surface area contributed by atoms with Gasteiger partial charge in [0.15, 0.2) is 0 Å². The molecule has 1 nitrogen and oxygen atoms in total. The average Bonchev–Trinajstić information content (AvgIpc) is 2.93. The van der Waals surface area contributed by atoms with Crippen LogP contribution in [0.1, 0.15) is 31.2 Å². The van der Waals surface area contributed by atoms with Crippen molar-refractivity contribution in [1.82, 2.24) is 0 Å². The third kappa shape index (κ3) is 1.96. The van der Waals surface area contributed by atoms with Gasteiger partial charge in [-0.2, -0.15) is 0 Å². The van der Waals surface area contributed by atoms with E-state index in [0.29, 0.717) is 22.9 Å². The lowest BCUT2D eigenvalue weighted by Crippen LogP contribution is -2.34. The Hall–Kier alpha value is -0.600. The minimum atomic E-state index is -0.238. The molecule has 0 spiro atoms. The molecule has 0 aromatic heterocycles. The lowest BCUT2D eigenvalue weighted by Gasteiger charge is -2.36. The highest BCUT2D eigenvalue weighted by molar-refractivity contribution is 6.30. The molecule has 0 amide bonds. The van der Waals surface area contributed by atoms with Crippen molar-refractivity contribution < 1.29 is 9.50 Å². The van der Waals surface area contributed by atoms with Gasteiger partial charge in [-0.3, -0.25) is 0 Å². The highest BCUT2D eigenvalue weighted by atomic mass is 35.5. The SMILES string of the molecule is OCC1(Cc2ccc(Cl)cc2F)CC2CCC1C2. The molecule has 2 aliphatic rings. The second-order valence-electron chi connectivity index (χ2n) is 6.01. The van der Waals surface area contributed by atoms with Crippen LogP contribution in [0.25, 0.3) is 0 Å². The van der Waals surface area contributed by atoms with Gasteiger partial charge in [-0.25, -0.2) is 4.39 Å². The van der Waals surface area contributed by atoms with E-state index in [0.717, 1.165) is 12.3 Å². The zero-order valence-electron chi connectivity index (χ0n) is 10.3. The van der Waals surface area contributed by atoms with Gasteiger partial charge >= 0.3 is 0 Å². The maximum absolute atomic E-state index is 13.9. The molecule has 1 aromatic rings. The third-order valence-electron chi connectivity index (χ3n) is 4.97. The number of benzene rings is 1. The first-order valence-corrected chi connectivity index (χ1v) is 7.05. The zero-order chi connectivity index (χ0) is 12.8. The molecule has 98 valence electrons. The van der Waals surface area contributed by atoms with E-state index in [1.54, 1.807) is 12.1 Å². The highest BCUT2D eigenvalue weighted by Crippen LogP contribution is 2.57. The molecule has 3 rings (SSSR count). The van der Waals surface area contributed by atoms with Gasteiger partial charge in [-0.1, -0.05) is 24.1 Å². The van der Waals surface area contributed by atoms with Gasteiger partial charge in [-0.05, 0) is 55.2 Å². The maximum Gasteiger partial charge on any atom is 0.127 e. The summed E-state index contributed by atoms with van der Waals surface area (Å²) in [5.41, 5.74) is 0.610. The Labute approximate surface area is 112 Å². The molecule has 3 heteroatoms. The molecule has 2 saturated carbocycles. The first kappa shape index (κ1) is 12.4. The molecule has 3 unspecified atom stereocenters. The van der Waals surface area contributed by atoms with Crippen molar-refractivity contribution in [3.63, 3.8) is 0 Å². The summed E-state index contributed by atoms with van der Waals surface area (Å²) in [7, 11) is 0. The topological polar surface area (TPSA) is 20.2 Å². The van der Waals surface area contributed by atoms with E-state index in [4.69, 9.17) is 11.6 Å². The number of aliphatic hydroxyl groups excluding tert-OH is 1. The van der Waals surface area contributed by atoms with Crippen LogP contribution < -0.4 is 0 Å². The second-order valence-corrected chi connectivity index (χ2v) is 6.45. The van der Waals surface area contributed by atoms with E-state index in [-0.39, 0.29) is 17.8 Å². The number of halogens is 2. The summed E-state index contributed by atoms with van der Waals surface area (Å²) < 4.78 is 13.9. The largest absolute Gasteiger partial charge is 0.396 e. The number of rotatable bonds is 3. The average molecular weight is 269 g/mol. The van der Waals surface area contributed by atoms with Crippen molar-refractivity contribution in [2.45, 2.75) is 32.1 Å². The monoisotopic (exact) mass is 268 g/mol. The molecular weight excluding hydrogens is 251 g/mol. The van der Waals surface area contributed by atoms with Crippen LogP contribution in [0.5, 0.6) is 0 Å². The van der Waals surface area contributed by atoms with Crippen molar-refractivity contribution >= 4 is 11.6 Å². The zero-order valence-corrected chi connectivity index (χ0v) is 11.1. The van der Waals surface area contributed by atoms with Crippen LogP contribution >= 0.6 is 11.6 Å². The number of aliphatic hydroxyl groups is 1. The van der Waals surface area contributed by atoms with Gasteiger partial charge in [0.25, 0.3) is 0 Å². The number of fused-ring (bicyclic) bond motifs is 2. The fourth-order valence-electron chi connectivity index (χ4n) is 4.07. The maximum atomic E-state index is 13.9. The van der Waals surface area contributed by atoms with E-state index in [2.05, 4.69) is 0 Å². The standard InChI is InChI=1S/C15H18ClFO/c16-13-4-2-11(14(17)6-13)8-15(9-18)7-10-1-3-12(15)5-10/h2,4,6,10,12,18H,1,3,5,7-9H2. The normalized spacial score (nSPS) is 34.2. The van der Waals surface area contributed by atoms with Crippen molar-refractivity contribution in [3.05, 3.63) is 34.6 Å². The Balaban J connectivity index is 1.86. The molecule has 1 N–H and O–H groups in total. The summed E-state index contributed by atoms with van der Waals surface area (Å²) in [6.45, 7) is 0.177. The summed E-state index contributed by atoms with van der Waals surface area (Å²) in [5.74, 6) is 1.08. The summed E-state index contributed by atoms with van der Waals surface area (Å²) in [4.78, 5) is 0. The predicted octanol–water partition coefficient (Wildman–Crippen LogP) is 3.82. The first-order chi connectivity index (χ1) is 8.63. The molecule has 1 aromatic carbocycles. The molecule has 0 saturated heterocycles. The van der Waals surface area contributed by atoms with E-state index in [9.17, 15) is 9.50 Å². The predicted molar refractivity (Wildman–Crippen MR) is 70.1 cm³/mol. The molecule has 2 bridgehead atoms. The van der Waals surface area contributed by atoms with Crippen LogP contribution in [-0.4, -0.2) is 11.7 Å². The van der Waals surface area contributed by atoms with Crippen LogP contribution in [-0.2, 0) is 6.42 Å². The summed E-state index contributed by atoms with van der Waals surface area (Å²) in [6, 6.07) is 4.87. The Morgan fingerprint density at radius 3 is 2.78 bits per heavy atom. The number of hydrogen-bond acceptors (Lipinski definition) is 1. The first-order valence-electron chi connectivity index (χ1n) is 6.68. The Morgan fingerprint density at radius 1 is 1.39 bits per heavy atom. The summed E-state index contributed by atoms with van der Waals surface area (Å²) in [6.07, 6.45) is 5.40. The van der Waals surface area contributed by atoms with Gasteiger partial charge in [0.1, 0.15) is 5.82 Å². The van der Waals surface area contributed by atoms with Crippen molar-refractivity contribution in [1.29, 1.82) is 0 Å². The van der Waals surface area contributed by atoms with Crippen molar-refractivity contribution in [2.24, 2.45) is 17.3 Å². The quantitative estimate of drug-likeness (QED) is 0.884. The minimum absolute atomic E-state index is 0.0857. The van der Waals surface area contributed by atoms with Gasteiger partial charge in [0, 0.05) is 17.0 Å². The van der Waals surface area contributed by atoms with E-state index in [1.807, 2.05) is 0 Å². The Morgan fingerprint density at radius 2 is 2.22 bits per heavy atom.